The summed E-state index contributed by atoms with van der Waals surface area (Å²) in [6.07, 6.45) is -0.141. The second-order valence-corrected chi connectivity index (χ2v) is 3.78. The zero-order valence-electron chi connectivity index (χ0n) is 9.05. The number of esters is 1. The lowest BCUT2D eigenvalue weighted by Crippen LogP contribution is -2.17. The Morgan fingerprint density at radius 1 is 1.65 bits per heavy atom. The van der Waals surface area contributed by atoms with Gasteiger partial charge in [0.2, 0.25) is 0 Å². The molecule has 0 saturated carbocycles. The van der Waals surface area contributed by atoms with Gasteiger partial charge in [-0.2, -0.15) is 0 Å². The van der Waals surface area contributed by atoms with E-state index in [2.05, 4.69) is 4.74 Å². The number of carbonyl (C=O) groups excluding carboxylic acids is 1. The molecule has 0 fully saturated rings. The first-order valence-corrected chi connectivity index (χ1v) is 5.09. The first kappa shape index (κ1) is 13.4. The van der Waals surface area contributed by atoms with E-state index >= 15 is 0 Å². The molecule has 2 N–H and O–H groups in total. The molecule has 0 spiro atoms. The summed E-state index contributed by atoms with van der Waals surface area (Å²) in [7, 11) is 1.22. The summed E-state index contributed by atoms with van der Waals surface area (Å²) in [5.74, 6) is -0.535. The van der Waals surface area contributed by atoms with Crippen molar-refractivity contribution in [2.24, 2.45) is 5.73 Å². The second kappa shape index (κ2) is 5.60. The van der Waals surface area contributed by atoms with Gasteiger partial charge >= 0.3 is 5.97 Å². The maximum Gasteiger partial charge on any atom is 0.307 e. The number of hydrogen-bond acceptors (Lipinski definition) is 5. The van der Waals surface area contributed by atoms with E-state index in [0.717, 1.165) is 0 Å². The molecule has 0 radical (unpaired) electrons. The normalized spacial score (nSPS) is 11.9. The molecule has 1 aromatic rings. The Morgan fingerprint density at radius 3 is 2.82 bits per heavy atom. The molecule has 0 unspecified atom stereocenters. The lowest BCUT2D eigenvalue weighted by atomic mass is 10.0. The summed E-state index contributed by atoms with van der Waals surface area (Å²) < 4.78 is 4.45. The molecular formula is C10H11ClN2O4. The van der Waals surface area contributed by atoms with E-state index in [4.69, 9.17) is 17.3 Å². The minimum atomic E-state index is -0.818. The molecule has 1 rings (SSSR count). The molecular weight excluding hydrogens is 248 g/mol. The molecule has 0 aliphatic carbocycles. The summed E-state index contributed by atoms with van der Waals surface area (Å²) >= 11 is 5.74. The van der Waals surface area contributed by atoms with Crippen molar-refractivity contribution < 1.29 is 14.5 Å². The van der Waals surface area contributed by atoms with Gasteiger partial charge in [-0.05, 0) is 12.1 Å². The number of benzene rings is 1. The average Bonchev–Trinajstić information content (AvgIpc) is 2.28. The highest BCUT2D eigenvalue weighted by Crippen LogP contribution is 2.28. The van der Waals surface area contributed by atoms with Crippen LogP contribution in [-0.4, -0.2) is 18.0 Å². The Balaban J connectivity index is 3.06. The Labute approximate surface area is 102 Å². The SMILES string of the molecule is COC(=O)C[C@@H](N)c1cc(Cl)ccc1[N+](=O)[O-]. The van der Waals surface area contributed by atoms with Gasteiger partial charge in [0.15, 0.2) is 0 Å². The van der Waals surface area contributed by atoms with Crippen LogP contribution in [0.4, 0.5) is 5.69 Å². The number of halogens is 1. The number of carbonyl (C=O) groups is 1. The van der Waals surface area contributed by atoms with Crippen LogP contribution >= 0.6 is 11.6 Å². The summed E-state index contributed by atoms with van der Waals surface area (Å²) in [5, 5.41) is 11.1. The summed E-state index contributed by atoms with van der Waals surface area (Å²) in [5.41, 5.74) is 5.77. The van der Waals surface area contributed by atoms with E-state index in [1.807, 2.05) is 0 Å². The molecule has 0 aliphatic rings. The smallest absolute Gasteiger partial charge is 0.307 e. The predicted molar refractivity (Wildman–Crippen MR) is 61.7 cm³/mol. The van der Waals surface area contributed by atoms with Crippen LogP contribution < -0.4 is 5.73 Å². The van der Waals surface area contributed by atoms with E-state index < -0.39 is 16.9 Å². The number of nitrogens with zero attached hydrogens (tertiary/aromatic N) is 1. The molecule has 1 aromatic carbocycles. The number of nitro groups is 1. The third-order valence-electron chi connectivity index (χ3n) is 2.20. The van der Waals surface area contributed by atoms with Crippen LogP contribution in [0.25, 0.3) is 0 Å². The molecule has 6 nitrogen and oxygen atoms in total. The van der Waals surface area contributed by atoms with E-state index in [-0.39, 0.29) is 17.7 Å². The largest absolute Gasteiger partial charge is 0.469 e. The van der Waals surface area contributed by atoms with Crippen molar-refractivity contribution in [3.05, 3.63) is 38.9 Å². The fourth-order valence-corrected chi connectivity index (χ4v) is 1.54. The molecule has 1 atom stereocenters. The van der Waals surface area contributed by atoms with Gasteiger partial charge in [-0.3, -0.25) is 14.9 Å². The molecule has 0 aromatic heterocycles. The van der Waals surface area contributed by atoms with Gasteiger partial charge in [0.25, 0.3) is 5.69 Å². The monoisotopic (exact) mass is 258 g/mol. The minimum Gasteiger partial charge on any atom is -0.469 e. The number of hydrogen-bond donors (Lipinski definition) is 1. The third kappa shape index (κ3) is 3.40. The quantitative estimate of drug-likeness (QED) is 0.505. The van der Waals surface area contributed by atoms with E-state index in [0.29, 0.717) is 5.02 Å². The number of rotatable bonds is 4. The first-order valence-electron chi connectivity index (χ1n) is 4.72. The standard InChI is InChI=1S/C10H11ClN2O4/c1-17-10(14)5-8(12)7-4-6(11)2-3-9(7)13(15)16/h2-4,8H,5,12H2,1H3/t8-/m1/s1. The van der Waals surface area contributed by atoms with Crippen molar-refractivity contribution in [1.29, 1.82) is 0 Å². The highest BCUT2D eigenvalue weighted by Gasteiger charge is 2.22. The molecule has 0 aliphatic heterocycles. The van der Waals surface area contributed by atoms with Crippen molar-refractivity contribution >= 4 is 23.3 Å². The lowest BCUT2D eigenvalue weighted by Gasteiger charge is -2.11. The first-order chi connectivity index (χ1) is 7.95. The third-order valence-corrected chi connectivity index (χ3v) is 2.44. The highest BCUT2D eigenvalue weighted by molar-refractivity contribution is 6.30. The van der Waals surface area contributed by atoms with Gasteiger partial charge in [0, 0.05) is 22.7 Å². The van der Waals surface area contributed by atoms with Crippen molar-refractivity contribution in [2.45, 2.75) is 12.5 Å². The predicted octanol–water partition coefficient (Wildman–Crippen LogP) is 1.81. The highest BCUT2D eigenvalue weighted by atomic mass is 35.5. The van der Waals surface area contributed by atoms with Crippen LogP contribution in [0.2, 0.25) is 5.02 Å². The Bertz CT molecular complexity index is 450. The molecule has 0 bridgehead atoms. The van der Waals surface area contributed by atoms with E-state index in [1.165, 1.54) is 25.3 Å². The number of ether oxygens (including phenoxy) is 1. The van der Waals surface area contributed by atoms with Crippen LogP contribution in [0.1, 0.15) is 18.0 Å². The van der Waals surface area contributed by atoms with Gasteiger partial charge in [-0.15, -0.1) is 0 Å². The fourth-order valence-electron chi connectivity index (χ4n) is 1.36. The van der Waals surface area contributed by atoms with E-state index in [1.54, 1.807) is 0 Å². The second-order valence-electron chi connectivity index (χ2n) is 3.35. The van der Waals surface area contributed by atoms with Crippen LogP contribution in [0.5, 0.6) is 0 Å². The van der Waals surface area contributed by atoms with Crippen molar-refractivity contribution in [2.75, 3.05) is 7.11 Å². The molecule has 7 heteroatoms. The lowest BCUT2D eigenvalue weighted by molar-refractivity contribution is -0.385. The summed E-state index contributed by atoms with van der Waals surface area (Å²) in [6.45, 7) is 0. The van der Waals surface area contributed by atoms with Crippen molar-refractivity contribution in [3.8, 4) is 0 Å². The summed E-state index contributed by atoms with van der Waals surface area (Å²) in [6, 6.07) is 3.22. The topological polar surface area (TPSA) is 95.5 Å². The van der Waals surface area contributed by atoms with Gasteiger partial charge in [0.1, 0.15) is 0 Å². The van der Waals surface area contributed by atoms with Gasteiger partial charge in [0.05, 0.1) is 18.5 Å². The summed E-state index contributed by atoms with van der Waals surface area (Å²) in [4.78, 5) is 21.3. The molecule has 0 amide bonds. The van der Waals surface area contributed by atoms with Gasteiger partial charge in [-0.25, -0.2) is 0 Å². The van der Waals surface area contributed by atoms with Crippen molar-refractivity contribution in [1.82, 2.24) is 0 Å². The molecule has 0 saturated heterocycles. The number of nitro benzene ring substituents is 1. The zero-order valence-corrected chi connectivity index (χ0v) is 9.81. The molecule has 0 heterocycles. The number of nitrogens with two attached hydrogens (primary N) is 1. The van der Waals surface area contributed by atoms with Crippen molar-refractivity contribution in [3.63, 3.8) is 0 Å². The number of methoxy groups -OCH3 is 1. The maximum atomic E-state index is 11.1. The minimum absolute atomic E-state index is 0.141. The Kier molecular flexibility index (Phi) is 4.42. The van der Waals surface area contributed by atoms with Crippen LogP contribution in [0.3, 0.4) is 0 Å². The average molecular weight is 259 g/mol. The van der Waals surface area contributed by atoms with Crippen LogP contribution in [0.15, 0.2) is 18.2 Å². The van der Waals surface area contributed by atoms with Gasteiger partial charge in [-0.1, -0.05) is 11.6 Å². The zero-order chi connectivity index (χ0) is 13.0. The Morgan fingerprint density at radius 2 is 2.29 bits per heavy atom. The van der Waals surface area contributed by atoms with Crippen LogP contribution in [0, 0.1) is 10.1 Å². The van der Waals surface area contributed by atoms with E-state index in [9.17, 15) is 14.9 Å². The molecule has 17 heavy (non-hydrogen) atoms. The van der Waals surface area contributed by atoms with Crippen LogP contribution in [-0.2, 0) is 9.53 Å². The maximum absolute atomic E-state index is 11.1. The fraction of sp³-hybridized carbons (Fsp3) is 0.300. The molecule has 92 valence electrons. The van der Waals surface area contributed by atoms with Gasteiger partial charge < -0.3 is 10.5 Å². The Hall–Kier alpha value is -1.66.